The fraction of sp³-hybridized carbons (Fsp3) is 0.750. The van der Waals surface area contributed by atoms with E-state index in [9.17, 15) is 4.79 Å². The van der Waals surface area contributed by atoms with Crippen molar-refractivity contribution in [3.8, 4) is 0 Å². The van der Waals surface area contributed by atoms with Gasteiger partial charge >= 0.3 is 0 Å². The van der Waals surface area contributed by atoms with Gasteiger partial charge in [-0.15, -0.1) is 0 Å². The summed E-state index contributed by atoms with van der Waals surface area (Å²) in [5.41, 5.74) is 0. The Kier molecular flexibility index (Phi) is 5.40. The highest BCUT2D eigenvalue weighted by Crippen LogP contribution is 2.17. The second-order valence-electron chi connectivity index (χ2n) is 4.17. The molecule has 0 aliphatic heterocycles. The molecule has 0 spiro atoms. The van der Waals surface area contributed by atoms with Crippen molar-refractivity contribution in [1.82, 2.24) is 5.32 Å². The van der Waals surface area contributed by atoms with Crippen molar-refractivity contribution in [3.05, 3.63) is 12.2 Å². The maximum absolute atomic E-state index is 11.7. The third kappa shape index (κ3) is 4.04. The van der Waals surface area contributed by atoms with Gasteiger partial charge in [-0.05, 0) is 25.2 Å². The summed E-state index contributed by atoms with van der Waals surface area (Å²) < 4.78 is 0. The quantitative estimate of drug-likeness (QED) is 0.654. The molecule has 1 aliphatic carbocycles. The van der Waals surface area contributed by atoms with Gasteiger partial charge in [0.1, 0.15) is 0 Å². The molecule has 0 saturated carbocycles. The molecular weight excluding hydrogens is 190 g/mol. The van der Waals surface area contributed by atoms with Crippen LogP contribution in [0.5, 0.6) is 0 Å². The van der Waals surface area contributed by atoms with Crippen molar-refractivity contribution < 1.29 is 9.90 Å². The van der Waals surface area contributed by atoms with E-state index in [-0.39, 0.29) is 18.4 Å². The number of hydrogen-bond acceptors (Lipinski definition) is 2. The number of hydrogen-bond donors (Lipinski definition) is 2. The molecule has 0 radical (unpaired) electrons. The molecule has 0 fully saturated rings. The lowest BCUT2D eigenvalue weighted by Gasteiger charge is -2.16. The zero-order valence-electron chi connectivity index (χ0n) is 9.41. The van der Waals surface area contributed by atoms with Gasteiger partial charge < -0.3 is 10.4 Å². The Balaban J connectivity index is 2.20. The Morgan fingerprint density at radius 3 is 2.73 bits per heavy atom. The Morgan fingerprint density at radius 1 is 1.53 bits per heavy atom. The third-order valence-electron chi connectivity index (χ3n) is 3.06. The molecule has 86 valence electrons. The maximum Gasteiger partial charge on any atom is 0.223 e. The highest BCUT2D eigenvalue weighted by atomic mass is 16.3. The lowest BCUT2D eigenvalue weighted by Crippen LogP contribution is -2.33. The largest absolute Gasteiger partial charge is 0.396 e. The standard InChI is InChI=1S/C12H21NO2/c1-2-10(7-8-14)9-13-12(15)11-5-3-4-6-11/h3-4,10-11,14H,2,5-9H2,1H3,(H,13,15). The molecule has 0 aromatic rings. The van der Waals surface area contributed by atoms with E-state index in [1.165, 1.54) is 0 Å². The lowest BCUT2D eigenvalue weighted by atomic mass is 10.0. The van der Waals surface area contributed by atoms with E-state index in [2.05, 4.69) is 24.4 Å². The molecule has 1 unspecified atom stereocenters. The Bertz CT molecular complexity index is 218. The monoisotopic (exact) mass is 211 g/mol. The van der Waals surface area contributed by atoms with Gasteiger partial charge in [-0.3, -0.25) is 4.79 Å². The van der Waals surface area contributed by atoms with Crippen LogP contribution in [-0.2, 0) is 4.79 Å². The highest BCUT2D eigenvalue weighted by molar-refractivity contribution is 5.79. The molecule has 1 atom stereocenters. The van der Waals surface area contributed by atoms with Crippen LogP contribution in [0, 0.1) is 11.8 Å². The van der Waals surface area contributed by atoms with Gasteiger partial charge in [0, 0.05) is 19.1 Å². The van der Waals surface area contributed by atoms with E-state index in [0.29, 0.717) is 12.5 Å². The smallest absolute Gasteiger partial charge is 0.223 e. The van der Waals surface area contributed by atoms with E-state index < -0.39 is 0 Å². The van der Waals surface area contributed by atoms with Crippen molar-refractivity contribution in [2.24, 2.45) is 11.8 Å². The van der Waals surface area contributed by atoms with Crippen LogP contribution >= 0.6 is 0 Å². The molecule has 0 heterocycles. The van der Waals surface area contributed by atoms with Gasteiger partial charge in [-0.25, -0.2) is 0 Å². The number of allylic oxidation sites excluding steroid dienone is 2. The summed E-state index contributed by atoms with van der Waals surface area (Å²) in [6, 6.07) is 0. The van der Waals surface area contributed by atoms with Crippen molar-refractivity contribution in [1.29, 1.82) is 0 Å². The second-order valence-corrected chi connectivity index (χ2v) is 4.17. The zero-order valence-corrected chi connectivity index (χ0v) is 9.41. The van der Waals surface area contributed by atoms with Crippen LogP contribution in [0.4, 0.5) is 0 Å². The summed E-state index contributed by atoms with van der Waals surface area (Å²) in [6.45, 7) is 3.00. The number of amides is 1. The van der Waals surface area contributed by atoms with Crippen molar-refractivity contribution in [2.45, 2.75) is 32.6 Å². The first-order chi connectivity index (χ1) is 7.27. The molecule has 1 rings (SSSR count). The van der Waals surface area contributed by atoms with Crippen molar-refractivity contribution >= 4 is 5.91 Å². The van der Waals surface area contributed by atoms with Crippen LogP contribution in [0.15, 0.2) is 12.2 Å². The number of aliphatic hydroxyl groups is 1. The Hall–Kier alpha value is -0.830. The number of nitrogens with one attached hydrogen (secondary N) is 1. The minimum Gasteiger partial charge on any atom is -0.396 e. The molecule has 15 heavy (non-hydrogen) atoms. The van der Waals surface area contributed by atoms with Crippen LogP contribution in [-0.4, -0.2) is 24.2 Å². The summed E-state index contributed by atoms with van der Waals surface area (Å²) in [7, 11) is 0. The molecule has 3 nitrogen and oxygen atoms in total. The Morgan fingerprint density at radius 2 is 2.20 bits per heavy atom. The minimum absolute atomic E-state index is 0.150. The number of rotatable bonds is 6. The minimum atomic E-state index is 0.150. The van der Waals surface area contributed by atoms with Crippen molar-refractivity contribution in [2.75, 3.05) is 13.2 Å². The summed E-state index contributed by atoms with van der Waals surface area (Å²) in [5.74, 6) is 0.723. The van der Waals surface area contributed by atoms with E-state index in [0.717, 1.165) is 25.7 Å². The van der Waals surface area contributed by atoms with Crippen LogP contribution in [0.25, 0.3) is 0 Å². The SMILES string of the molecule is CCC(CCO)CNC(=O)C1CC=CC1. The van der Waals surface area contributed by atoms with Crippen LogP contribution in [0.3, 0.4) is 0 Å². The predicted octanol–water partition coefficient (Wildman–Crippen LogP) is 1.48. The molecule has 0 aromatic carbocycles. The average Bonchev–Trinajstić information content (AvgIpc) is 2.77. The van der Waals surface area contributed by atoms with E-state index >= 15 is 0 Å². The highest BCUT2D eigenvalue weighted by Gasteiger charge is 2.19. The maximum atomic E-state index is 11.7. The third-order valence-corrected chi connectivity index (χ3v) is 3.06. The average molecular weight is 211 g/mol. The molecule has 0 bridgehead atoms. The van der Waals surface area contributed by atoms with Gasteiger partial charge in [-0.2, -0.15) is 0 Å². The summed E-state index contributed by atoms with van der Waals surface area (Å²) in [4.78, 5) is 11.7. The first-order valence-electron chi connectivity index (χ1n) is 5.81. The van der Waals surface area contributed by atoms with Crippen LogP contribution < -0.4 is 5.32 Å². The summed E-state index contributed by atoms with van der Waals surface area (Å²) >= 11 is 0. The predicted molar refractivity (Wildman–Crippen MR) is 60.4 cm³/mol. The van der Waals surface area contributed by atoms with Crippen LogP contribution in [0.2, 0.25) is 0 Å². The number of aliphatic hydroxyl groups excluding tert-OH is 1. The van der Waals surface area contributed by atoms with Gasteiger partial charge in [0.2, 0.25) is 5.91 Å². The van der Waals surface area contributed by atoms with Crippen molar-refractivity contribution in [3.63, 3.8) is 0 Å². The first kappa shape index (κ1) is 12.2. The topological polar surface area (TPSA) is 49.3 Å². The summed E-state index contributed by atoms with van der Waals surface area (Å²) in [5, 5.41) is 11.8. The molecule has 0 saturated heterocycles. The van der Waals surface area contributed by atoms with Crippen LogP contribution in [0.1, 0.15) is 32.6 Å². The van der Waals surface area contributed by atoms with Gasteiger partial charge in [-0.1, -0.05) is 25.5 Å². The molecule has 3 heteroatoms. The second kappa shape index (κ2) is 6.62. The number of carbonyl (C=O) groups is 1. The molecule has 2 N–H and O–H groups in total. The first-order valence-corrected chi connectivity index (χ1v) is 5.81. The molecule has 1 aliphatic rings. The number of carbonyl (C=O) groups excluding carboxylic acids is 1. The lowest BCUT2D eigenvalue weighted by molar-refractivity contribution is -0.124. The fourth-order valence-electron chi connectivity index (χ4n) is 1.85. The molecule has 0 aromatic heterocycles. The van der Waals surface area contributed by atoms with E-state index in [1.54, 1.807) is 0 Å². The summed E-state index contributed by atoms with van der Waals surface area (Å²) in [6.07, 6.45) is 7.67. The molecule has 1 amide bonds. The Labute approximate surface area is 91.6 Å². The normalized spacial score (nSPS) is 18.0. The molecular formula is C12H21NO2. The van der Waals surface area contributed by atoms with Gasteiger partial charge in [0.05, 0.1) is 0 Å². The zero-order chi connectivity index (χ0) is 11.1. The fourth-order valence-corrected chi connectivity index (χ4v) is 1.85. The van der Waals surface area contributed by atoms with E-state index in [4.69, 9.17) is 5.11 Å². The van der Waals surface area contributed by atoms with Gasteiger partial charge in [0.15, 0.2) is 0 Å². The van der Waals surface area contributed by atoms with Gasteiger partial charge in [0.25, 0.3) is 0 Å². The van der Waals surface area contributed by atoms with E-state index in [1.807, 2.05) is 0 Å².